The fourth-order valence-electron chi connectivity index (χ4n) is 1.81. The first-order valence-electron chi connectivity index (χ1n) is 6.23. The summed E-state index contributed by atoms with van der Waals surface area (Å²) in [5, 5.41) is 3.59. The van der Waals surface area contributed by atoms with Crippen LogP contribution in [-0.2, 0) is 6.42 Å². The smallest absolute Gasteiger partial charge is 0.0931 e. The molecule has 1 N–H and O–H groups in total. The van der Waals surface area contributed by atoms with E-state index in [1.807, 2.05) is 6.07 Å². The molecule has 1 atom stereocenters. The highest BCUT2D eigenvalue weighted by atomic mass is 35.5. The van der Waals surface area contributed by atoms with Crippen molar-refractivity contribution in [3.8, 4) is 0 Å². The largest absolute Gasteiger partial charge is 0.314 e. The van der Waals surface area contributed by atoms with E-state index in [0.717, 1.165) is 10.9 Å². The molecule has 1 heterocycles. The minimum absolute atomic E-state index is 0.690. The van der Waals surface area contributed by atoms with Gasteiger partial charge >= 0.3 is 0 Å². The zero-order valence-electron chi connectivity index (χ0n) is 10.3. The Morgan fingerprint density at radius 3 is 2.75 bits per heavy atom. The average Bonchev–Trinajstić information content (AvgIpc) is 2.69. The number of nitrogens with one attached hydrogen (secondary N) is 1. The van der Waals surface area contributed by atoms with Crippen LogP contribution in [0.1, 0.15) is 44.4 Å². The molecule has 0 aliphatic carbocycles. The van der Waals surface area contributed by atoms with Crippen molar-refractivity contribution in [3.63, 3.8) is 0 Å². The number of halogens is 1. The van der Waals surface area contributed by atoms with Gasteiger partial charge in [-0.1, -0.05) is 25.4 Å². The van der Waals surface area contributed by atoms with Crippen LogP contribution >= 0.6 is 22.9 Å². The molecule has 0 spiro atoms. The molecule has 0 aromatic carbocycles. The molecule has 0 saturated carbocycles. The lowest BCUT2D eigenvalue weighted by molar-refractivity contribution is 0.456. The Labute approximate surface area is 108 Å². The van der Waals surface area contributed by atoms with Gasteiger partial charge in [-0.2, -0.15) is 0 Å². The quantitative estimate of drug-likeness (QED) is 0.725. The molecule has 0 aliphatic heterocycles. The van der Waals surface area contributed by atoms with Crippen LogP contribution in [0, 0.1) is 0 Å². The van der Waals surface area contributed by atoms with Gasteiger partial charge in [0.05, 0.1) is 4.34 Å². The van der Waals surface area contributed by atoms with E-state index in [2.05, 4.69) is 25.2 Å². The maximum absolute atomic E-state index is 5.90. The molecule has 0 bridgehead atoms. The standard InChI is InChI=1S/C13H22ClNS/c1-3-10-15-11(4-2)6-5-7-12-8-9-13(14)16-12/h8-9,11,15H,3-7,10H2,1-2H3. The maximum Gasteiger partial charge on any atom is 0.0931 e. The topological polar surface area (TPSA) is 12.0 Å². The van der Waals surface area contributed by atoms with Gasteiger partial charge in [-0.15, -0.1) is 11.3 Å². The third kappa shape index (κ3) is 5.33. The predicted octanol–water partition coefficient (Wildman–Crippen LogP) is 4.50. The van der Waals surface area contributed by atoms with Crippen LogP contribution < -0.4 is 5.32 Å². The first kappa shape index (κ1) is 14.0. The summed E-state index contributed by atoms with van der Waals surface area (Å²) in [6.07, 6.45) is 6.14. The second-order valence-corrected chi connectivity index (χ2v) is 5.96. The minimum atomic E-state index is 0.690. The fraction of sp³-hybridized carbons (Fsp3) is 0.692. The van der Waals surface area contributed by atoms with Crippen molar-refractivity contribution >= 4 is 22.9 Å². The van der Waals surface area contributed by atoms with E-state index in [1.54, 1.807) is 11.3 Å². The highest BCUT2D eigenvalue weighted by molar-refractivity contribution is 7.16. The lowest BCUT2D eigenvalue weighted by atomic mass is 10.1. The summed E-state index contributed by atoms with van der Waals surface area (Å²) in [6, 6.07) is 4.83. The molecule has 1 nitrogen and oxygen atoms in total. The minimum Gasteiger partial charge on any atom is -0.314 e. The molecule has 3 heteroatoms. The van der Waals surface area contributed by atoms with Crippen LogP contribution in [-0.4, -0.2) is 12.6 Å². The first-order valence-corrected chi connectivity index (χ1v) is 7.43. The van der Waals surface area contributed by atoms with Gasteiger partial charge in [-0.25, -0.2) is 0 Å². The number of thiophene rings is 1. The summed E-state index contributed by atoms with van der Waals surface area (Å²) >= 11 is 7.61. The van der Waals surface area contributed by atoms with Crippen molar-refractivity contribution in [2.75, 3.05) is 6.54 Å². The van der Waals surface area contributed by atoms with Crippen LogP contribution in [0.5, 0.6) is 0 Å². The molecule has 0 fully saturated rings. The van der Waals surface area contributed by atoms with E-state index in [-0.39, 0.29) is 0 Å². The summed E-state index contributed by atoms with van der Waals surface area (Å²) in [4.78, 5) is 1.41. The summed E-state index contributed by atoms with van der Waals surface area (Å²) in [7, 11) is 0. The van der Waals surface area contributed by atoms with Crippen molar-refractivity contribution in [1.29, 1.82) is 0 Å². The SMILES string of the molecule is CCCNC(CC)CCCc1ccc(Cl)s1. The van der Waals surface area contributed by atoms with Crippen LogP contribution in [0.25, 0.3) is 0 Å². The van der Waals surface area contributed by atoms with Gasteiger partial charge in [-0.05, 0) is 50.8 Å². The summed E-state index contributed by atoms with van der Waals surface area (Å²) in [5.74, 6) is 0. The lowest BCUT2D eigenvalue weighted by Gasteiger charge is -2.15. The van der Waals surface area contributed by atoms with Gasteiger partial charge in [0.15, 0.2) is 0 Å². The molecule has 1 rings (SSSR count). The van der Waals surface area contributed by atoms with E-state index < -0.39 is 0 Å². The van der Waals surface area contributed by atoms with E-state index in [1.165, 1.54) is 37.0 Å². The van der Waals surface area contributed by atoms with Gasteiger partial charge in [-0.3, -0.25) is 0 Å². The van der Waals surface area contributed by atoms with Crippen molar-refractivity contribution in [2.24, 2.45) is 0 Å². The van der Waals surface area contributed by atoms with Crippen LogP contribution in [0.4, 0.5) is 0 Å². The Balaban J connectivity index is 2.17. The average molecular weight is 260 g/mol. The number of aryl methyl sites for hydroxylation is 1. The van der Waals surface area contributed by atoms with Crippen molar-refractivity contribution < 1.29 is 0 Å². The molecule has 0 aliphatic rings. The van der Waals surface area contributed by atoms with Crippen LogP contribution in [0.15, 0.2) is 12.1 Å². The van der Waals surface area contributed by atoms with Gasteiger partial charge in [0.1, 0.15) is 0 Å². The fourth-order valence-corrected chi connectivity index (χ4v) is 2.94. The van der Waals surface area contributed by atoms with Crippen molar-refractivity contribution in [2.45, 2.75) is 52.0 Å². The summed E-state index contributed by atoms with van der Waals surface area (Å²) in [6.45, 7) is 5.62. The normalized spacial score (nSPS) is 12.9. The molecule has 0 radical (unpaired) electrons. The maximum atomic E-state index is 5.90. The first-order chi connectivity index (χ1) is 7.76. The zero-order chi connectivity index (χ0) is 11.8. The highest BCUT2D eigenvalue weighted by Gasteiger charge is 2.05. The Bertz CT molecular complexity index is 285. The Kier molecular flexibility index (Phi) is 7.10. The Morgan fingerprint density at radius 1 is 1.38 bits per heavy atom. The lowest BCUT2D eigenvalue weighted by Crippen LogP contribution is -2.29. The molecule has 1 unspecified atom stereocenters. The molecule has 0 saturated heterocycles. The van der Waals surface area contributed by atoms with Gasteiger partial charge in [0.2, 0.25) is 0 Å². The van der Waals surface area contributed by atoms with Gasteiger partial charge in [0.25, 0.3) is 0 Å². The van der Waals surface area contributed by atoms with Crippen LogP contribution in [0.2, 0.25) is 4.34 Å². The number of hydrogen-bond acceptors (Lipinski definition) is 2. The number of rotatable bonds is 8. The summed E-state index contributed by atoms with van der Waals surface area (Å²) < 4.78 is 0.908. The second kappa shape index (κ2) is 8.10. The Morgan fingerprint density at radius 2 is 2.19 bits per heavy atom. The van der Waals surface area contributed by atoms with Crippen LogP contribution in [0.3, 0.4) is 0 Å². The monoisotopic (exact) mass is 259 g/mol. The highest BCUT2D eigenvalue weighted by Crippen LogP contribution is 2.23. The third-order valence-electron chi connectivity index (χ3n) is 2.78. The van der Waals surface area contributed by atoms with Crippen molar-refractivity contribution in [3.05, 3.63) is 21.3 Å². The Hall–Kier alpha value is -0.0500. The number of hydrogen-bond donors (Lipinski definition) is 1. The molecule has 1 aromatic rings. The second-order valence-electron chi connectivity index (χ2n) is 4.16. The molecule has 16 heavy (non-hydrogen) atoms. The van der Waals surface area contributed by atoms with E-state index in [0.29, 0.717) is 6.04 Å². The van der Waals surface area contributed by atoms with Gasteiger partial charge < -0.3 is 5.32 Å². The summed E-state index contributed by atoms with van der Waals surface area (Å²) in [5.41, 5.74) is 0. The van der Waals surface area contributed by atoms with E-state index >= 15 is 0 Å². The molecule has 1 aromatic heterocycles. The third-order valence-corrected chi connectivity index (χ3v) is 4.07. The van der Waals surface area contributed by atoms with E-state index in [9.17, 15) is 0 Å². The van der Waals surface area contributed by atoms with Crippen molar-refractivity contribution in [1.82, 2.24) is 5.32 Å². The molecule has 92 valence electrons. The predicted molar refractivity (Wildman–Crippen MR) is 74.6 cm³/mol. The molecule has 0 amide bonds. The van der Waals surface area contributed by atoms with Gasteiger partial charge in [0, 0.05) is 10.9 Å². The molecular weight excluding hydrogens is 238 g/mol. The van der Waals surface area contributed by atoms with E-state index in [4.69, 9.17) is 11.6 Å². The zero-order valence-corrected chi connectivity index (χ0v) is 11.8. The molecular formula is C13H22ClNS.